The molecule has 0 spiro atoms. The molecule has 2 aromatic heterocycles. The summed E-state index contributed by atoms with van der Waals surface area (Å²) in [4.78, 5) is 11.3. The van der Waals surface area contributed by atoms with E-state index in [9.17, 15) is 4.79 Å². The van der Waals surface area contributed by atoms with E-state index in [2.05, 4.69) is 41.6 Å². The van der Waals surface area contributed by atoms with Gasteiger partial charge in [0.15, 0.2) is 0 Å². The number of rotatable bonds is 5. The SMILES string of the molecule is Cc1[nH]ncc1CCCNc1cn[nH]c(=O)c1Br. The zero-order valence-electron chi connectivity index (χ0n) is 9.96. The highest BCUT2D eigenvalue weighted by Crippen LogP contribution is 2.15. The Morgan fingerprint density at radius 1 is 1.33 bits per heavy atom. The van der Waals surface area contributed by atoms with Crippen LogP contribution in [0.5, 0.6) is 0 Å². The van der Waals surface area contributed by atoms with E-state index < -0.39 is 0 Å². The molecule has 0 amide bonds. The van der Waals surface area contributed by atoms with Crippen molar-refractivity contribution in [1.82, 2.24) is 20.4 Å². The quantitative estimate of drug-likeness (QED) is 0.732. The molecule has 96 valence electrons. The Morgan fingerprint density at radius 3 is 2.83 bits per heavy atom. The maximum atomic E-state index is 11.3. The van der Waals surface area contributed by atoms with Crippen LogP contribution < -0.4 is 10.9 Å². The first-order chi connectivity index (χ1) is 8.68. The topological polar surface area (TPSA) is 86.5 Å². The van der Waals surface area contributed by atoms with Crippen molar-refractivity contribution < 1.29 is 0 Å². The minimum atomic E-state index is -0.231. The summed E-state index contributed by atoms with van der Waals surface area (Å²) in [5, 5.41) is 16.2. The van der Waals surface area contributed by atoms with E-state index in [1.165, 1.54) is 5.56 Å². The lowest BCUT2D eigenvalue weighted by atomic mass is 10.1. The van der Waals surface area contributed by atoms with Crippen molar-refractivity contribution in [3.8, 4) is 0 Å². The molecule has 0 unspecified atom stereocenters. The van der Waals surface area contributed by atoms with Crippen molar-refractivity contribution in [3.05, 3.63) is 38.5 Å². The molecule has 0 aromatic carbocycles. The van der Waals surface area contributed by atoms with Gasteiger partial charge in [0.2, 0.25) is 0 Å². The smallest absolute Gasteiger partial charge is 0.280 e. The average Bonchev–Trinajstić information content (AvgIpc) is 2.76. The Bertz CT molecular complexity index is 577. The van der Waals surface area contributed by atoms with Crippen LogP contribution in [0.15, 0.2) is 21.7 Å². The first-order valence-electron chi connectivity index (χ1n) is 5.64. The van der Waals surface area contributed by atoms with Crippen LogP contribution in [0, 0.1) is 6.92 Å². The van der Waals surface area contributed by atoms with Gasteiger partial charge in [-0.2, -0.15) is 10.2 Å². The fraction of sp³-hybridized carbons (Fsp3) is 0.364. The highest BCUT2D eigenvalue weighted by Gasteiger charge is 2.04. The van der Waals surface area contributed by atoms with E-state index in [1.54, 1.807) is 6.20 Å². The van der Waals surface area contributed by atoms with Gasteiger partial charge < -0.3 is 5.32 Å². The van der Waals surface area contributed by atoms with Crippen LogP contribution in [-0.2, 0) is 6.42 Å². The number of hydrogen-bond donors (Lipinski definition) is 3. The molecule has 18 heavy (non-hydrogen) atoms. The summed E-state index contributed by atoms with van der Waals surface area (Å²) < 4.78 is 0.483. The molecule has 0 saturated heterocycles. The number of nitrogens with zero attached hydrogens (tertiary/aromatic N) is 2. The number of hydrogen-bond acceptors (Lipinski definition) is 4. The molecule has 2 aromatic rings. The zero-order chi connectivity index (χ0) is 13.0. The molecule has 7 heteroatoms. The minimum Gasteiger partial charge on any atom is -0.383 e. The van der Waals surface area contributed by atoms with Gasteiger partial charge in [-0.1, -0.05) is 0 Å². The lowest BCUT2D eigenvalue weighted by molar-refractivity contribution is 0.853. The molecule has 6 nitrogen and oxygen atoms in total. The van der Waals surface area contributed by atoms with Crippen LogP contribution in [0.25, 0.3) is 0 Å². The molecule has 0 radical (unpaired) electrons. The number of nitrogens with one attached hydrogen (secondary N) is 3. The van der Waals surface area contributed by atoms with Crippen LogP contribution in [-0.4, -0.2) is 26.9 Å². The summed E-state index contributed by atoms with van der Waals surface area (Å²) in [5.74, 6) is 0. The van der Waals surface area contributed by atoms with Crippen LogP contribution in [0.3, 0.4) is 0 Å². The summed E-state index contributed by atoms with van der Waals surface area (Å²) in [7, 11) is 0. The summed E-state index contributed by atoms with van der Waals surface area (Å²) in [6.45, 7) is 2.78. The van der Waals surface area contributed by atoms with Crippen molar-refractivity contribution in [2.45, 2.75) is 19.8 Å². The highest BCUT2D eigenvalue weighted by atomic mass is 79.9. The van der Waals surface area contributed by atoms with E-state index >= 15 is 0 Å². The third-order valence-corrected chi connectivity index (χ3v) is 3.46. The fourth-order valence-electron chi connectivity index (χ4n) is 1.64. The molecule has 0 fully saturated rings. The standard InChI is InChI=1S/C11H14BrN5O/c1-7-8(5-14-16-7)3-2-4-13-9-6-15-17-11(18)10(9)12/h5-6H,2-4H2,1H3,(H,14,16)(H2,13,17,18). The van der Waals surface area contributed by atoms with E-state index in [4.69, 9.17) is 0 Å². The average molecular weight is 312 g/mol. The number of aromatic amines is 2. The van der Waals surface area contributed by atoms with Gasteiger partial charge in [0, 0.05) is 12.2 Å². The molecule has 0 saturated carbocycles. The largest absolute Gasteiger partial charge is 0.383 e. The fourth-order valence-corrected chi connectivity index (χ4v) is 1.97. The summed E-state index contributed by atoms with van der Waals surface area (Å²) in [6, 6.07) is 0. The molecular weight excluding hydrogens is 298 g/mol. The van der Waals surface area contributed by atoms with Crippen LogP contribution in [0.2, 0.25) is 0 Å². The number of aryl methyl sites for hydroxylation is 2. The Labute approximate surface area is 112 Å². The molecule has 2 rings (SSSR count). The summed E-state index contributed by atoms with van der Waals surface area (Å²) in [5.41, 5.74) is 2.81. The van der Waals surface area contributed by atoms with Crippen molar-refractivity contribution in [3.63, 3.8) is 0 Å². The molecule has 2 heterocycles. The molecular formula is C11H14BrN5O. The number of anilines is 1. The first kappa shape index (κ1) is 12.8. The number of H-pyrrole nitrogens is 2. The predicted molar refractivity (Wildman–Crippen MR) is 72.7 cm³/mol. The Balaban J connectivity index is 1.84. The van der Waals surface area contributed by atoms with E-state index in [-0.39, 0.29) is 5.56 Å². The van der Waals surface area contributed by atoms with E-state index in [1.807, 2.05) is 13.1 Å². The maximum absolute atomic E-state index is 11.3. The van der Waals surface area contributed by atoms with Crippen LogP contribution in [0.1, 0.15) is 17.7 Å². The summed E-state index contributed by atoms with van der Waals surface area (Å²) in [6.07, 6.45) is 5.35. The maximum Gasteiger partial charge on any atom is 0.280 e. The normalized spacial score (nSPS) is 10.6. The van der Waals surface area contributed by atoms with Crippen LogP contribution in [0.4, 0.5) is 5.69 Å². The second kappa shape index (κ2) is 5.81. The van der Waals surface area contributed by atoms with Crippen molar-refractivity contribution in [1.29, 1.82) is 0 Å². The minimum absolute atomic E-state index is 0.231. The molecule has 0 aliphatic rings. The Hall–Kier alpha value is -1.63. The lowest BCUT2D eigenvalue weighted by Gasteiger charge is -2.06. The second-order valence-corrected chi connectivity index (χ2v) is 4.77. The Kier molecular flexibility index (Phi) is 4.14. The van der Waals surface area contributed by atoms with Crippen molar-refractivity contribution in [2.75, 3.05) is 11.9 Å². The predicted octanol–water partition coefficient (Wildman–Crippen LogP) is 1.61. The van der Waals surface area contributed by atoms with Gasteiger partial charge in [-0.3, -0.25) is 9.89 Å². The number of aromatic nitrogens is 4. The lowest BCUT2D eigenvalue weighted by Crippen LogP contribution is -2.13. The first-order valence-corrected chi connectivity index (χ1v) is 6.43. The van der Waals surface area contributed by atoms with Crippen molar-refractivity contribution >= 4 is 21.6 Å². The van der Waals surface area contributed by atoms with E-state index in [0.29, 0.717) is 10.2 Å². The monoisotopic (exact) mass is 311 g/mol. The van der Waals surface area contributed by atoms with Gasteiger partial charge >= 0.3 is 0 Å². The second-order valence-electron chi connectivity index (χ2n) is 3.98. The van der Waals surface area contributed by atoms with Gasteiger partial charge in [0.05, 0.1) is 18.1 Å². The zero-order valence-corrected chi connectivity index (χ0v) is 11.5. The van der Waals surface area contributed by atoms with Gasteiger partial charge in [0.25, 0.3) is 5.56 Å². The third-order valence-electron chi connectivity index (χ3n) is 2.67. The van der Waals surface area contributed by atoms with Crippen molar-refractivity contribution in [2.24, 2.45) is 0 Å². The van der Waals surface area contributed by atoms with Gasteiger partial charge in [-0.25, -0.2) is 5.10 Å². The van der Waals surface area contributed by atoms with Gasteiger partial charge in [0.1, 0.15) is 4.47 Å². The van der Waals surface area contributed by atoms with Gasteiger partial charge in [-0.05, 0) is 41.3 Å². The van der Waals surface area contributed by atoms with Crippen LogP contribution >= 0.6 is 15.9 Å². The van der Waals surface area contributed by atoms with Gasteiger partial charge in [-0.15, -0.1) is 0 Å². The molecule has 3 N–H and O–H groups in total. The molecule has 0 bridgehead atoms. The third kappa shape index (κ3) is 2.98. The van der Waals surface area contributed by atoms with E-state index in [0.717, 1.165) is 25.1 Å². The molecule has 0 aliphatic carbocycles. The summed E-state index contributed by atoms with van der Waals surface area (Å²) >= 11 is 3.22. The Morgan fingerprint density at radius 2 is 2.11 bits per heavy atom. The molecule has 0 atom stereocenters. The highest BCUT2D eigenvalue weighted by molar-refractivity contribution is 9.10. The number of halogens is 1. The molecule has 0 aliphatic heterocycles.